The number of amidine groups is 2. The molecule has 0 radical (unpaired) electrons. The Morgan fingerprint density at radius 2 is 1.62 bits per heavy atom. The van der Waals surface area contributed by atoms with Crippen LogP contribution in [0.4, 0.5) is 0 Å². The van der Waals surface area contributed by atoms with Gasteiger partial charge in [0.1, 0.15) is 0 Å². The molecule has 1 aliphatic rings. The zero-order chi connectivity index (χ0) is 11.5. The lowest BCUT2D eigenvalue weighted by Gasteiger charge is -2.06. The molecule has 0 fully saturated rings. The van der Waals surface area contributed by atoms with Gasteiger partial charge in [0.2, 0.25) is 0 Å². The van der Waals surface area contributed by atoms with Gasteiger partial charge in [-0.1, -0.05) is 30.3 Å². The molecule has 0 spiro atoms. The predicted octanol–water partition coefficient (Wildman–Crippen LogP) is 0.733. The Kier molecular flexibility index (Phi) is 2.51. The molecule has 80 valence electrons. The summed E-state index contributed by atoms with van der Waals surface area (Å²) in [4.78, 5) is 0. The molecule has 5 nitrogen and oxygen atoms in total. The molecule has 0 amide bonds. The highest BCUT2D eigenvalue weighted by atomic mass is 15.3. The average Bonchev–Trinajstić information content (AvgIpc) is 2.63. The van der Waals surface area contributed by atoms with Gasteiger partial charge in [-0.05, 0) is 5.56 Å². The molecule has 0 saturated carbocycles. The number of nitrogens with one attached hydrogen (secondary N) is 1. The molecule has 0 aromatic heterocycles. The van der Waals surface area contributed by atoms with Crippen LogP contribution in [0.25, 0.3) is 5.57 Å². The van der Waals surface area contributed by atoms with E-state index >= 15 is 0 Å². The molecule has 1 heterocycles. The lowest BCUT2D eigenvalue weighted by molar-refractivity contribution is 1.25. The Labute approximate surface area is 92.7 Å². The van der Waals surface area contributed by atoms with Gasteiger partial charge < -0.3 is 16.9 Å². The van der Waals surface area contributed by atoms with E-state index in [0.29, 0.717) is 11.1 Å². The molecule has 16 heavy (non-hydrogen) atoms. The minimum absolute atomic E-state index is 0.250. The third kappa shape index (κ3) is 1.58. The van der Waals surface area contributed by atoms with Crippen molar-refractivity contribution in [1.82, 2.24) is 0 Å². The molecular weight excluding hydrogens is 202 g/mol. The van der Waals surface area contributed by atoms with Crippen LogP contribution in [-0.4, -0.2) is 17.9 Å². The van der Waals surface area contributed by atoms with E-state index in [-0.39, 0.29) is 11.7 Å². The van der Waals surface area contributed by atoms with Crippen molar-refractivity contribution in [3.8, 4) is 0 Å². The first-order valence-corrected chi connectivity index (χ1v) is 4.71. The first-order valence-electron chi connectivity index (χ1n) is 4.71. The maximum absolute atomic E-state index is 7.44. The second-order valence-corrected chi connectivity index (χ2v) is 3.27. The highest BCUT2D eigenvalue weighted by molar-refractivity contribution is 6.34. The lowest BCUT2D eigenvalue weighted by atomic mass is 10.00. The van der Waals surface area contributed by atoms with Crippen LogP contribution in [-0.2, 0) is 0 Å². The number of benzene rings is 1. The summed E-state index contributed by atoms with van der Waals surface area (Å²) >= 11 is 0. The van der Waals surface area contributed by atoms with E-state index in [4.69, 9.17) is 16.9 Å². The van der Waals surface area contributed by atoms with E-state index in [1.807, 2.05) is 30.3 Å². The van der Waals surface area contributed by atoms with Crippen LogP contribution in [0, 0.1) is 5.41 Å². The largest absolute Gasteiger partial charge is 0.382 e. The lowest BCUT2D eigenvalue weighted by Crippen LogP contribution is -2.24. The topological polar surface area (TPSA) is 101 Å². The fraction of sp³-hybridized carbons (Fsp3) is 0. The van der Waals surface area contributed by atoms with E-state index in [1.165, 1.54) is 6.21 Å². The van der Waals surface area contributed by atoms with Crippen molar-refractivity contribution in [3.05, 3.63) is 41.5 Å². The molecule has 0 bridgehead atoms. The molecule has 0 atom stereocenters. The molecular formula is C11H11N5. The molecule has 1 aromatic rings. The fourth-order valence-electron chi connectivity index (χ4n) is 1.53. The van der Waals surface area contributed by atoms with Gasteiger partial charge in [0.15, 0.2) is 11.7 Å². The van der Waals surface area contributed by atoms with Crippen molar-refractivity contribution in [3.63, 3.8) is 0 Å². The van der Waals surface area contributed by atoms with Gasteiger partial charge in [0, 0.05) is 11.8 Å². The number of nitrogens with two attached hydrogens (primary N) is 2. The number of hydrogen-bond acceptors (Lipinski definition) is 5. The van der Waals surface area contributed by atoms with Crippen molar-refractivity contribution in [2.75, 3.05) is 0 Å². The van der Waals surface area contributed by atoms with Gasteiger partial charge in [0.25, 0.3) is 0 Å². The van der Waals surface area contributed by atoms with Crippen molar-refractivity contribution < 1.29 is 0 Å². The number of nitrogens with zero attached hydrogens (tertiary/aromatic N) is 2. The minimum atomic E-state index is 0.250. The molecule has 5 N–H and O–H groups in total. The summed E-state index contributed by atoms with van der Waals surface area (Å²) in [7, 11) is 0. The van der Waals surface area contributed by atoms with E-state index in [0.717, 1.165) is 5.56 Å². The summed E-state index contributed by atoms with van der Waals surface area (Å²) in [6.45, 7) is 0. The number of allylic oxidation sites excluding steroid dienone is 1. The van der Waals surface area contributed by atoms with E-state index in [9.17, 15) is 0 Å². The average molecular weight is 213 g/mol. The summed E-state index contributed by atoms with van der Waals surface area (Å²) in [6, 6.07) is 9.43. The molecule has 2 rings (SSSR count). The molecule has 0 aliphatic carbocycles. The first-order chi connectivity index (χ1) is 7.74. The first kappa shape index (κ1) is 10.1. The maximum Gasteiger partial charge on any atom is 0.157 e. The number of hydrogen-bond donors (Lipinski definition) is 3. The van der Waals surface area contributed by atoms with Crippen LogP contribution in [0.5, 0.6) is 0 Å². The number of rotatable bonds is 2. The van der Waals surface area contributed by atoms with Crippen molar-refractivity contribution >= 4 is 23.5 Å². The van der Waals surface area contributed by atoms with Gasteiger partial charge in [-0.15, -0.1) is 10.2 Å². The highest BCUT2D eigenvalue weighted by Crippen LogP contribution is 2.19. The molecule has 1 aliphatic heterocycles. The van der Waals surface area contributed by atoms with Gasteiger partial charge >= 0.3 is 0 Å². The molecule has 0 unspecified atom stereocenters. The van der Waals surface area contributed by atoms with Crippen LogP contribution in [0.3, 0.4) is 0 Å². The standard InChI is InChI=1S/C11H11N5/c12-6-8(7-4-2-1-3-5-7)9-10(13)15-16-11(9)14/h1-6,12H,(H2,13,15)(H2,14,16). The Hall–Kier alpha value is -2.43. The van der Waals surface area contributed by atoms with Crippen molar-refractivity contribution in [1.29, 1.82) is 5.41 Å². The van der Waals surface area contributed by atoms with Gasteiger partial charge in [-0.2, -0.15) is 0 Å². The summed E-state index contributed by atoms with van der Waals surface area (Å²) in [6.07, 6.45) is 1.21. The van der Waals surface area contributed by atoms with Crippen LogP contribution < -0.4 is 11.5 Å². The smallest absolute Gasteiger partial charge is 0.157 e. The normalized spacial score (nSPS) is 14.4. The monoisotopic (exact) mass is 213 g/mol. The highest BCUT2D eigenvalue weighted by Gasteiger charge is 2.19. The third-order valence-corrected chi connectivity index (χ3v) is 2.28. The maximum atomic E-state index is 7.44. The molecule has 1 aromatic carbocycles. The zero-order valence-corrected chi connectivity index (χ0v) is 8.51. The van der Waals surface area contributed by atoms with Crippen LogP contribution in [0.2, 0.25) is 0 Å². The Morgan fingerprint density at radius 1 is 1.06 bits per heavy atom. The SMILES string of the molecule is N=CC(=C1C(N)=NN=C1N)c1ccccc1. The summed E-state index contributed by atoms with van der Waals surface area (Å²) in [5.74, 6) is 0.500. The predicted molar refractivity (Wildman–Crippen MR) is 65.4 cm³/mol. The summed E-state index contributed by atoms with van der Waals surface area (Å²) in [5.41, 5.74) is 13.4. The summed E-state index contributed by atoms with van der Waals surface area (Å²) < 4.78 is 0. The van der Waals surface area contributed by atoms with Gasteiger partial charge in [-0.25, -0.2) is 0 Å². The molecule has 5 heteroatoms. The van der Waals surface area contributed by atoms with E-state index in [1.54, 1.807) is 0 Å². The van der Waals surface area contributed by atoms with Crippen LogP contribution in [0.15, 0.2) is 46.1 Å². The minimum Gasteiger partial charge on any atom is -0.382 e. The molecule has 0 saturated heterocycles. The van der Waals surface area contributed by atoms with Crippen LogP contribution in [0.1, 0.15) is 5.56 Å². The van der Waals surface area contributed by atoms with Gasteiger partial charge in [0.05, 0.1) is 5.57 Å². The van der Waals surface area contributed by atoms with Gasteiger partial charge in [-0.3, -0.25) is 0 Å². The van der Waals surface area contributed by atoms with Crippen molar-refractivity contribution in [2.24, 2.45) is 21.7 Å². The van der Waals surface area contributed by atoms with E-state index in [2.05, 4.69) is 10.2 Å². The second-order valence-electron chi connectivity index (χ2n) is 3.27. The fourth-order valence-corrected chi connectivity index (χ4v) is 1.53. The second kappa shape index (κ2) is 3.98. The van der Waals surface area contributed by atoms with E-state index < -0.39 is 0 Å². The third-order valence-electron chi connectivity index (χ3n) is 2.28. The Balaban J connectivity index is 2.60. The quantitative estimate of drug-likeness (QED) is 0.631. The zero-order valence-electron chi connectivity index (χ0n) is 8.51. The summed E-state index contributed by atoms with van der Waals surface area (Å²) in [5, 5.41) is 14.8. The Bertz CT molecular complexity index is 490. The van der Waals surface area contributed by atoms with Crippen molar-refractivity contribution in [2.45, 2.75) is 0 Å². The van der Waals surface area contributed by atoms with Crippen LogP contribution >= 0.6 is 0 Å². The Morgan fingerprint density at radius 3 is 2.12 bits per heavy atom.